The summed E-state index contributed by atoms with van der Waals surface area (Å²) in [4.78, 5) is 11.5. The van der Waals surface area contributed by atoms with Gasteiger partial charge in [-0.25, -0.2) is 9.89 Å². The van der Waals surface area contributed by atoms with Gasteiger partial charge in [-0.1, -0.05) is 12.1 Å². The normalized spacial score (nSPS) is 14.0. The molecule has 1 aliphatic heterocycles. The molecule has 1 aromatic heterocycles. The maximum atomic E-state index is 11.5. The molecule has 2 aromatic rings. The van der Waals surface area contributed by atoms with Crippen LogP contribution in [0.3, 0.4) is 0 Å². The molecular formula is C13H15N3O. The fourth-order valence-electron chi connectivity index (χ4n) is 2.45. The van der Waals surface area contributed by atoms with E-state index in [9.17, 15) is 4.79 Å². The number of benzene rings is 1. The van der Waals surface area contributed by atoms with Gasteiger partial charge in [-0.15, -0.1) is 0 Å². The Hall–Kier alpha value is -1.84. The topological polar surface area (TPSA) is 50.7 Å². The van der Waals surface area contributed by atoms with Crippen molar-refractivity contribution in [3.05, 3.63) is 50.7 Å². The molecule has 88 valence electrons. The van der Waals surface area contributed by atoms with Crippen LogP contribution in [-0.4, -0.2) is 14.8 Å². The van der Waals surface area contributed by atoms with Gasteiger partial charge in [-0.05, 0) is 42.5 Å². The summed E-state index contributed by atoms with van der Waals surface area (Å²) in [5.74, 6) is 0.844. The lowest BCUT2D eigenvalue weighted by Gasteiger charge is -2.08. The Balaban J connectivity index is 2.13. The molecular weight excluding hydrogens is 214 g/mol. The van der Waals surface area contributed by atoms with Crippen molar-refractivity contribution in [1.29, 1.82) is 0 Å². The molecule has 0 radical (unpaired) electrons. The van der Waals surface area contributed by atoms with Crippen molar-refractivity contribution in [2.24, 2.45) is 0 Å². The number of rotatable bonds is 0. The molecule has 0 bridgehead atoms. The van der Waals surface area contributed by atoms with Crippen molar-refractivity contribution in [1.82, 2.24) is 14.8 Å². The molecule has 0 unspecified atom stereocenters. The average molecular weight is 229 g/mol. The van der Waals surface area contributed by atoms with Gasteiger partial charge in [-0.2, -0.15) is 5.10 Å². The van der Waals surface area contributed by atoms with Crippen LogP contribution in [0.1, 0.15) is 28.1 Å². The molecule has 1 N–H and O–H groups in total. The second-order valence-electron chi connectivity index (χ2n) is 4.73. The van der Waals surface area contributed by atoms with Crippen LogP contribution in [0.2, 0.25) is 0 Å². The van der Waals surface area contributed by atoms with Gasteiger partial charge in [0.15, 0.2) is 0 Å². The van der Waals surface area contributed by atoms with Crippen molar-refractivity contribution < 1.29 is 0 Å². The molecule has 0 saturated carbocycles. The van der Waals surface area contributed by atoms with Gasteiger partial charge in [0, 0.05) is 13.0 Å². The highest BCUT2D eigenvalue weighted by molar-refractivity contribution is 5.39. The van der Waals surface area contributed by atoms with E-state index in [0.29, 0.717) is 0 Å². The Morgan fingerprint density at radius 2 is 1.94 bits per heavy atom. The van der Waals surface area contributed by atoms with Gasteiger partial charge in [0.2, 0.25) is 0 Å². The first-order valence-corrected chi connectivity index (χ1v) is 5.88. The first-order valence-electron chi connectivity index (χ1n) is 5.88. The van der Waals surface area contributed by atoms with Gasteiger partial charge >= 0.3 is 5.69 Å². The minimum atomic E-state index is -0.0961. The summed E-state index contributed by atoms with van der Waals surface area (Å²) < 4.78 is 1.74. The number of nitrogens with one attached hydrogen (secondary N) is 1. The smallest absolute Gasteiger partial charge is 0.278 e. The fraction of sp³-hybridized carbons (Fsp3) is 0.385. The first-order chi connectivity index (χ1) is 8.15. The van der Waals surface area contributed by atoms with Crippen molar-refractivity contribution in [2.75, 3.05) is 0 Å². The van der Waals surface area contributed by atoms with Gasteiger partial charge in [-0.3, -0.25) is 4.57 Å². The summed E-state index contributed by atoms with van der Waals surface area (Å²) in [6.07, 6.45) is 1.65. The molecule has 4 nitrogen and oxygen atoms in total. The Labute approximate surface area is 99.3 Å². The molecule has 0 aliphatic carbocycles. The summed E-state index contributed by atoms with van der Waals surface area (Å²) in [6, 6.07) is 4.46. The number of aromatic amines is 1. The molecule has 3 rings (SSSR count). The number of hydrogen-bond donors (Lipinski definition) is 1. The molecule has 0 saturated heterocycles. The number of nitrogens with zero attached hydrogens (tertiary/aromatic N) is 2. The second-order valence-corrected chi connectivity index (χ2v) is 4.73. The molecule has 1 aliphatic rings. The highest BCUT2D eigenvalue weighted by Crippen LogP contribution is 2.21. The Morgan fingerprint density at radius 3 is 2.71 bits per heavy atom. The molecule has 0 spiro atoms. The number of aromatic nitrogens is 3. The maximum absolute atomic E-state index is 11.5. The number of aryl methyl sites for hydroxylation is 3. The van der Waals surface area contributed by atoms with Crippen LogP contribution in [0, 0.1) is 13.8 Å². The molecule has 17 heavy (non-hydrogen) atoms. The largest absolute Gasteiger partial charge is 0.343 e. The summed E-state index contributed by atoms with van der Waals surface area (Å²) in [5, 5.41) is 6.61. The molecule has 0 fully saturated rings. The first kappa shape index (κ1) is 10.3. The lowest BCUT2D eigenvalue weighted by Crippen LogP contribution is -2.18. The van der Waals surface area contributed by atoms with Gasteiger partial charge in [0.1, 0.15) is 5.82 Å². The average Bonchev–Trinajstić information content (AvgIpc) is 2.54. The molecule has 2 heterocycles. The van der Waals surface area contributed by atoms with Crippen molar-refractivity contribution >= 4 is 0 Å². The van der Waals surface area contributed by atoms with E-state index in [1.165, 1.54) is 22.3 Å². The lowest BCUT2D eigenvalue weighted by atomic mass is 9.96. The Bertz CT molecular complexity index is 637. The van der Waals surface area contributed by atoms with Crippen LogP contribution in [0.4, 0.5) is 0 Å². The van der Waals surface area contributed by atoms with Crippen LogP contribution in [0.15, 0.2) is 16.9 Å². The molecule has 4 heteroatoms. The Morgan fingerprint density at radius 1 is 1.24 bits per heavy atom. The second kappa shape index (κ2) is 3.58. The van der Waals surface area contributed by atoms with Crippen LogP contribution in [0.25, 0.3) is 0 Å². The molecule has 0 atom stereocenters. The SMILES string of the molecule is Cc1cc2c(cc1C)Cc1n[nH]c(=O)n1CC2. The van der Waals surface area contributed by atoms with Crippen LogP contribution in [-0.2, 0) is 19.4 Å². The predicted molar refractivity (Wildman–Crippen MR) is 65.3 cm³/mol. The third kappa shape index (κ3) is 1.60. The maximum Gasteiger partial charge on any atom is 0.343 e. The highest BCUT2D eigenvalue weighted by atomic mass is 16.1. The van der Waals surface area contributed by atoms with E-state index in [0.717, 1.165) is 25.2 Å². The lowest BCUT2D eigenvalue weighted by molar-refractivity contribution is 0.659. The zero-order valence-corrected chi connectivity index (χ0v) is 10.1. The summed E-state index contributed by atoms with van der Waals surface area (Å²) in [7, 11) is 0. The van der Waals surface area contributed by atoms with Crippen LogP contribution in [0.5, 0.6) is 0 Å². The van der Waals surface area contributed by atoms with Crippen molar-refractivity contribution in [2.45, 2.75) is 33.2 Å². The van der Waals surface area contributed by atoms with Gasteiger partial charge < -0.3 is 0 Å². The van der Waals surface area contributed by atoms with Gasteiger partial charge in [0.25, 0.3) is 0 Å². The van der Waals surface area contributed by atoms with Crippen LogP contribution >= 0.6 is 0 Å². The third-order valence-corrected chi connectivity index (χ3v) is 3.61. The minimum absolute atomic E-state index is 0.0961. The number of fused-ring (bicyclic) bond motifs is 2. The number of hydrogen-bond acceptors (Lipinski definition) is 2. The van der Waals surface area contributed by atoms with Crippen molar-refractivity contribution in [3.63, 3.8) is 0 Å². The zero-order chi connectivity index (χ0) is 12.0. The highest BCUT2D eigenvalue weighted by Gasteiger charge is 2.16. The predicted octanol–water partition coefficient (Wildman–Crippen LogP) is 1.34. The standard InChI is InChI=1S/C13H15N3O/c1-8-5-10-3-4-16-12(14-15-13(16)17)7-11(10)6-9(8)2/h5-6H,3-4,7H2,1-2H3,(H,15,17). The van der Waals surface area contributed by atoms with E-state index in [1.54, 1.807) is 4.57 Å². The third-order valence-electron chi connectivity index (χ3n) is 3.61. The quantitative estimate of drug-likeness (QED) is 0.741. The van der Waals surface area contributed by atoms with E-state index < -0.39 is 0 Å². The van der Waals surface area contributed by atoms with E-state index in [1.807, 2.05) is 0 Å². The fourth-order valence-corrected chi connectivity index (χ4v) is 2.45. The summed E-state index contributed by atoms with van der Waals surface area (Å²) in [6.45, 7) is 4.98. The monoisotopic (exact) mass is 229 g/mol. The molecule has 0 amide bonds. The van der Waals surface area contributed by atoms with Crippen molar-refractivity contribution in [3.8, 4) is 0 Å². The minimum Gasteiger partial charge on any atom is -0.278 e. The van der Waals surface area contributed by atoms with E-state index in [4.69, 9.17) is 0 Å². The van der Waals surface area contributed by atoms with E-state index in [-0.39, 0.29) is 5.69 Å². The van der Waals surface area contributed by atoms with Gasteiger partial charge in [0.05, 0.1) is 0 Å². The van der Waals surface area contributed by atoms with Crippen LogP contribution < -0.4 is 5.69 Å². The van der Waals surface area contributed by atoms with E-state index >= 15 is 0 Å². The zero-order valence-electron chi connectivity index (χ0n) is 10.1. The number of H-pyrrole nitrogens is 1. The molecule has 1 aromatic carbocycles. The summed E-state index contributed by atoms with van der Waals surface area (Å²) in [5.41, 5.74) is 5.16. The van der Waals surface area contributed by atoms with E-state index in [2.05, 4.69) is 36.2 Å². The summed E-state index contributed by atoms with van der Waals surface area (Å²) >= 11 is 0. The Kier molecular flexibility index (Phi) is 2.18.